The molecular formula is C48H36N2O2. The topological polar surface area (TPSA) is 52.1 Å². The second-order valence-electron chi connectivity index (χ2n) is 12.7. The fourth-order valence-electron chi connectivity index (χ4n) is 6.46. The summed E-state index contributed by atoms with van der Waals surface area (Å²) in [6, 6.07) is 55.5. The lowest BCUT2D eigenvalue weighted by Crippen LogP contribution is -1.93. The minimum absolute atomic E-state index is 0.0629. The molecule has 0 aliphatic carbocycles. The quantitative estimate of drug-likeness (QED) is 0.128. The van der Waals surface area contributed by atoms with Gasteiger partial charge in [-0.2, -0.15) is 0 Å². The van der Waals surface area contributed by atoms with Gasteiger partial charge in [0.25, 0.3) is 0 Å². The maximum atomic E-state index is 6.42. The van der Waals surface area contributed by atoms with Gasteiger partial charge in [0.15, 0.2) is 0 Å². The van der Waals surface area contributed by atoms with Crippen LogP contribution in [0.15, 0.2) is 198 Å². The average Bonchev–Trinajstić information content (AvgIpc) is 3.92. The maximum Gasteiger partial charge on any atom is 0.134 e. The zero-order chi connectivity index (χ0) is 35.3. The van der Waals surface area contributed by atoms with Crippen LogP contribution < -0.4 is 0 Å². The molecule has 0 aliphatic rings. The van der Waals surface area contributed by atoms with E-state index >= 15 is 0 Å². The Morgan fingerprint density at radius 1 is 0.423 bits per heavy atom. The Balaban J connectivity index is 1.23. The highest BCUT2D eigenvalue weighted by molar-refractivity contribution is 5.80. The van der Waals surface area contributed by atoms with Crippen molar-refractivity contribution < 1.29 is 8.83 Å². The van der Waals surface area contributed by atoms with Crippen LogP contribution in [0.5, 0.6) is 0 Å². The smallest absolute Gasteiger partial charge is 0.134 e. The van der Waals surface area contributed by atoms with Crippen LogP contribution in [0, 0.1) is 0 Å². The van der Waals surface area contributed by atoms with Crippen molar-refractivity contribution >= 4 is 0 Å². The van der Waals surface area contributed by atoms with Crippen LogP contribution in [0.25, 0.3) is 79.0 Å². The normalized spacial score (nSPS) is 11.6. The van der Waals surface area contributed by atoms with Crippen molar-refractivity contribution in [2.24, 2.45) is 0 Å². The van der Waals surface area contributed by atoms with Gasteiger partial charge in [-0.25, -0.2) is 9.97 Å². The third-order valence-electron chi connectivity index (χ3n) is 9.17. The van der Waals surface area contributed by atoms with Crippen LogP contribution in [0.2, 0.25) is 0 Å². The van der Waals surface area contributed by atoms with Crippen LogP contribution in [-0.2, 0) is 0 Å². The molecule has 4 heterocycles. The fraction of sp³-hybridized carbons (Fsp3) is 0.0417. The summed E-state index contributed by atoms with van der Waals surface area (Å²) < 4.78 is 12.8. The van der Waals surface area contributed by atoms with Crippen molar-refractivity contribution in [1.29, 1.82) is 0 Å². The second kappa shape index (κ2) is 14.6. The molecule has 0 bridgehead atoms. The maximum absolute atomic E-state index is 6.42. The van der Waals surface area contributed by atoms with E-state index in [2.05, 4.69) is 98.1 Å². The Morgan fingerprint density at radius 2 is 0.846 bits per heavy atom. The van der Waals surface area contributed by atoms with E-state index in [4.69, 9.17) is 18.8 Å². The Bertz CT molecular complexity index is 2480. The van der Waals surface area contributed by atoms with Gasteiger partial charge in [-0.05, 0) is 61.0 Å². The number of allylic oxidation sites excluding steroid dienone is 2. The predicted octanol–water partition coefficient (Wildman–Crippen LogP) is 13.2. The lowest BCUT2D eigenvalue weighted by molar-refractivity contribution is 0.503. The SMILES string of the molecule is C=CCC(C=C)c1ccc(-c2cc(-c3ccccc3)nc(-c3cccc(-c4cc(-c5ccc(-c6ccccc6)o5)cc(-c5ccccc5)n4)c3)c2)o1. The zero-order valence-corrected chi connectivity index (χ0v) is 28.7. The van der Waals surface area contributed by atoms with Gasteiger partial charge in [0.1, 0.15) is 23.0 Å². The van der Waals surface area contributed by atoms with Crippen molar-refractivity contribution in [2.45, 2.75) is 12.3 Å². The summed E-state index contributed by atoms with van der Waals surface area (Å²) in [6.07, 6.45) is 4.56. The van der Waals surface area contributed by atoms with E-state index in [1.165, 1.54) is 0 Å². The number of aromatic nitrogens is 2. The van der Waals surface area contributed by atoms with Crippen molar-refractivity contribution in [1.82, 2.24) is 9.97 Å². The molecule has 0 spiro atoms. The number of benzene rings is 4. The number of hydrogen-bond acceptors (Lipinski definition) is 4. The third kappa shape index (κ3) is 6.83. The molecule has 8 aromatic rings. The molecule has 1 unspecified atom stereocenters. The van der Waals surface area contributed by atoms with Crippen LogP contribution in [0.4, 0.5) is 0 Å². The minimum Gasteiger partial charge on any atom is -0.460 e. The lowest BCUT2D eigenvalue weighted by Gasteiger charge is -2.12. The molecule has 0 radical (unpaired) electrons. The summed E-state index contributed by atoms with van der Waals surface area (Å²) in [5, 5.41) is 0. The molecule has 1 atom stereocenters. The predicted molar refractivity (Wildman–Crippen MR) is 212 cm³/mol. The molecule has 4 aromatic carbocycles. The molecule has 8 rings (SSSR count). The first-order valence-electron chi connectivity index (χ1n) is 17.4. The molecule has 250 valence electrons. The Hall–Kier alpha value is -6.78. The van der Waals surface area contributed by atoms with Gasteiger partial charge < -0.3 is 8.83 Å². The number of hydrogen-bond donors (Lipinski definition) is 0. The van der Waals surface area contributed by atoms with Crippen molar-refractivity contribution in [3.8, 4) is 79.0 Å². The summed E-state index contributed by atoms with van der Waals surface area (Å²) in [4.78, 5) is 10.4. The van der Waals surface area contributed by atoms with E-state index in [-0.39, 0.29) is 5.92 Å². The summed E-state index contributed by atoms with van der Waals surface area (Å²) in [6.45, 7) is 7.91. The highest BCUT2D eigenvalue weighted by atomic mass is 16.3. The van der Waals surface area contributed by atoms with Crippen LogP contribution in [0.1, 0.15) is 18.1 Å². The van der Waals surface area contributed by atoms with Gasteiger partial charge in [0.05, 0.1) is 22.8 Å². The first-order valence-corrected chi connectivity index (χ1v) is 17.4. The van der Waals surface area contributed by atoms with E-state index in [0.29, 0.717) is 0 Å². The van der Waals surface area contributed by atoms with Gasteiger partial charge in [-0.15, -0.1) is 13.2 Å². The lowest BCUT2D eigenvalue weighted by atomic mass is 9.99. The van der Waals surface area contributed by atoms with E-state index < -0.39 is 0 Å². The first kappa shape index (κ1) is 32.4. The Kier molecular flexibility index (Phi) is 9.10. The van der Waals surface area contributed by atoms with Gasteiger partial charge >= 0.3 is 0 Å². The molecular weight excluding hydrogens is 637 g/mol. The van der Waals surface area contributed by atoms with Gasteiger partial charge in [0, 0.05) is 44.9 Å². The van der Waals surface area contributed by atoms with E-state index in [0.717, 1.165) is 91.2 Å². The standard InChI is InChI=1S/C48H36N2O2/c1-3-15-33(4-2)45-24-26-47(51-45)39-29-41(34-16-8-5-9-17-34)49-43(31-39)37-22-14-23-38(28-37)44-32-40(30-42(50-44)35-18-10-6-11-19-35)48-27-25-46(52-48)36-20-12-7-13-21-36/h3-14,16-33H,1-2,15H2. The summed E-state index contributed by atoms with van der Waals surface area (Å²) in [5.41, 5.74) is 10.3. The summed E-state index contributed by atoms with van der Waals surface area (Å²) in [7, 11) is 0. The van der Waals surface area contributed by atoms with Gasteiger partial charge in [0.2, 0.25) is 0 Å². The number of rotatable bonds is 11. The Labute approximate surface area is 304 Å². The molecule has 0 N–H and O–H groups in total. The monoisotopic (exact) mass is 672 g/mol. The second-order valence-corrected chi connectivity index (χ2v) is 12.7. The highest BCUT2D eigenvalue weighted by Crippen LogP contribution is 2.37. The molecule has 4 aromatic heterocycles. The van der Waals surface area contributed by atoms with E-state index in [9.17, 15) is 0 Å². The van der Waals surface area contributed by atoms with Crippen LogP contribution in [0.3, 0.4) is 0 Å². The first-order chi connectivity index (χ1) is 25.6. The third-order valence-corrected chi connectivity index (χ3v) is 9.17. The summed E-state index contributed by atoms with van der Waals surface area (Å²) >= 11 is 0. The number of pyridine rings is 2. The molecule has 4 heteroatoms. The largest absolute Gasteiger partial charge is 0.460 e. The molecule has 0 aliphatic heterocycles. The van der Waals surface area contributed by atoms with Gasteiger partial charge in [-0.3, -0.25) is 0 Å². The van der Waals surface area contributed by atoms with Crippen molar-refractivity contribution in [2.75, 3.05) is 0 Å². The van der Waals surface area contributed by atoms with Crippen LogP contribution >= 0.6 is 0 Å². The molecule has 0 saturated heterocycles. The average molecular weight is 673 g/mol. The van der Waals surface area contributed by atoms with E-state index in [1.807, 2.05) is 91.0 Å². The molecule has 0 fully saturated rings. The van der Waals surface area contributed by atoms with E-state index in [1.54, 1.807) is 0 Å². The Morgan fingerprint density at radius 3 is 1.35 bits per heavy atom. The molecule has 0 amide bonds. The van der Waals surface area contributed by atoms with Gasteiger partial charge in [-0.1, -0.05) is 121 Å². The van der Waals surface area contributed by atoms with Crippen LogP contribution in [-0.4, -0.2) is 9.97 Å². The molecule has 52 heavy (non-hydrogen) atoms. The fourth-order valence-corrected chi connectivity index (χ4v) is 6.46. The number of nitrogens with zero attached hydrogens (tertiary/aromatic N) is 2. The number of furan rings is 2. The minimum atomic E-state index is 0.0629. The summed E-state index contributed by atoms with van der Waals surface area (Å²) in [5.74, 6) is 3.30. The zero-order valence-electron chi connectivity index (χ0n) is 28.7. The van der Waals surface area contributed by atoms with Crippen molar-refractivity contribution in [3.05, 3.63) is 195 Å². The molecule has 0 saturated carbocycles. The highest BCUT2D eigenvalue weighted by Gasteiger charge is 2.17. The molecule has 4 nitrogen and oxygen atoms in total. The van der Waals surface area contributed by atoms with Crippen molar-refractivity contribution in [3.63, 3.8) is 0 Å².